The Morgan fingerprint density at radius 1 is 0.980 bits per heavy atom. The van der Waals surface area contributed by atoms with E-state index >= 15 is 4.39 Å². The summed E-state index contributed by atoms with van der Waals surface area (Å²) in [7, 11) is -2.01. The third kappa shape index (κ3) is 9.14. The molecular formula is C39H45FN4O5Si. The molecule has 50 heavy (non-hydrogen) atoms. The molecule has 0 saturated carbocycles. The fourth-order valence-electron chi connectivity index (χ4n) is 5.23. The maximum atomic E-state index is 15.0. The van der Waals surface area contributed by atoms with Crippen LogP contribution in [-0.4, -0.2) is 55.0 Å². The van der Waals surface area contributed by atoms with Crippen LogP contribution in [0.1, 0.15) is 63.1 Å². The van der Waals surface area contributed by atoms with Crippen LogP contribution in [0.4, 0.5) is 9.18 Å². The number of nitrogens with one attached hydrogen (secondary N) is 1. The Bertz CT molecular complexity index is 1830. The molecule has 5 rings (SSSR count). The second-order valence-corrected chi connectivity index (χ2v) is 18.7. The second-order valence-electron chi connectivity index (χ2n) is 13.9. The van der Waals surface area contributed by atoms with Gasteiger partial charge in [-0.1, -0.05) is 70.0 Å². The van der Waals surface area contributed by atoms with E-state index in [4.69, 9.17) is 24.3 Å². The molecule has 0 bridgehead atoms. The number of amidine groups is 1. The van der Waals surface area contributed by atoms with Crippen molar-refractivity contribution in [2.45, 2.75) is 71.0 Å². The third-order valence-electron chi connectivity index (χ3n) is 9.07. The summed E-state index contributed by atoms with van der Waals surface area (Å²) in [6, 6.07) is 22.3. The van der Waals surface area contributed by atoms with Crippen LogP contribution in [0.15, 0.2) is 94.7 Å². The van der Waals surface area contributed by atoms with Crippen molar-refractivity contribution in [3.63, 3.8) is 0 Å². The van der Waals surface area contributed by atoms with Crippen molar-refractivity contribution in [1.29, 1.82) is 0 Å². The van der Waals surface area contributed by atoms with Gasteiger partial charge >= 0.3 is 6.09 Å². The summed E-state index contributed by atoms with van der Waals surface area (Å²) in [5, 5.41) is 11.0. The van der Waals surface area contributed by atoms with Gasteiger partial charge in [0.2, 0.25) is 8.32 Å². The molecule has 3 aromatic rings. The number of carbonyl (C=O) groups excluding carboxylic acids is 1. The Balaban J connectivity index is 1.31. The molecule has 2 aliphatic heterocycles. The van der Waals surface area contributed by atoms with Gasteiger partial charge in [-0.2, -0.15) is 0 Å². The normalized spacial score (nSPS) is 15.3. The number of aliphatic imine (C=N–C) groups is 2. The van der Waals surface area contributed by atoms with Gasteiger partial charge in [0.15, 0.2) is 17.4 Å². The number of rotatable bonds is 14. The Morgan fingerprint density at radius 2 is 1.70 bits per heavy atom. The molecule has 2 aliphatic rings. The van der Waals surface area contributed by atoms with E-state index in [2.05, 4.69) is 39.2 Å². The molecule has 3 aromatic carbocycles. The number of amides is 2. The first kappa shape index (κ1) is 36.3. The van der Waals surface area contributed by atoms with Crippen LogP contribution in [0.3, 0.4) is 0 Å². The fourth-order valence-corrected chi connectivity index (χ4v) is 6.26. The lowest BCUT2D eigenvalue weighted by molar-refractivity contribution is -0.120. The van der Waals surface area contributed by atoms with Gasteiger partial charge in [-0.3, -0.25) is 9.69 Å². The maximum Gasteiger partial charge on any atom is 0.404 e. The number of unbranched alkanes of at least 4 members (excludes halogenated alkanes) is 3. The van der Waals surface area contributed by atoms with Crippen LogP contribution in [0.5, 0.6) is 11.5 Å². The lowest BCUT2D eigenvalue weighted by Crippen LogP contribution is -2.43. The van der Waals surface area contributed by atoms with Crippen molar-refractivity contribution >= 4 is 43.6 Å². The van der Waals surface area contributed by atoms with E-state index in [9.17, 15) is 9.59 Å². The Hall–Kier alpha value is -5.03. The number of hydrogen-bond donors (Lipinski definition) is 2. The molecule has 0 aliphatic carbocycles. The molecule has 2 N–H and O–H groups in total. The number of halogens is 1. The highest BCUT2D eigenvalue weighted by molar-refractivity contribution is 6.74. The highest BCUT2D eigenvalue weighted by atomic mass is 28.4. The van der Waals surface area contributed by atoms with Gasteiger partial charge in [0, 0.05) is 24.7 Å². The van der Waals surface area contributed by atoms with E-state index in [1.807, 2.05) is 54.6 Å². The van der Waals surface area contributed by atoms with Gasteiger partial charge in [-0.05, 0) is 84.6 Å². The third-order valence-corrected chi connectivity index (χ3v) is 13.4. The molecule has 0 fully saturated rings. The van der Waals surface area contributed by atoms with Crippen LogP contribution in [-0.2, 0) is 11.2 Å². The molecule has 2 amide bonds. The molecule has 0 unspecified atom stereocenters. The predicted molar refractivity (Wildman–Crippen MR) is 198 cm³/mol. The first-order valence-corrected chi connectivity index (χ1v) is 19.9. The Labute approximate surface area is 294 Å². The number of benzene rings is 3. The van der Waals surface area contributed by atoms with Crippen molar-refractivity contribution in [2.75, 3.05) is 13.2 Å². The quantitative estimate of drug-likeness (QED) is 0.0995. The Morgan fingerprint density at radius 3 is 2.38 bits per heavy atom. The molecule has 0 saturated heterocycles. The molecule has 0 spiro atoms. The zero-order valence-electron chi connectivity index (χ0n) is 29.3. The highest BCUT2D eigenvalue weighted by Gasteiger charge is 2.39. The SMILES string of the molecule is CC(C)(C)[Si](C)(C)Oc1ccc(C2=CN3C(=O)C(=Cc4ccc(OCCCCCCNC(=O)O)c(F)c4)N=C3C(Cc3ccccc3)=N2)cc1. The van der Waals surface area contributed by atoms with Gasteiger partial charge in [0.1, 0.15) is 11.4 Å². The summed E-state index contributed by atoms with van der Waals surface area (Å²) in [6.07, 6.45) is 5.88. The predicted octanol–water partition coefficient (Wildman–Crippen LogP) is 8.69. The van der Waals surface area contributed by atoms with Crippen LogP contribution < -0.4 is 14.5 Å². The van der Waals surface area contributed by atoms with Crippen LogP contribution in [0.2, 0.25) is 18.1 Å². The van der Waals surface area contributed by atoms with Crippen LogP contribution in [0.25, 0.3) is 11.8 Å². The second kappa shape index (κ2) is 15.7. The van der Waals surface area contributed by atoms with Gasteiger partial charge in [-0.25, -0.2) is 19.2 Å². The molecule has 262 valence electrons. The van der Waals surface area contributed by atoms with Crippen molar-refractivity contribution in [3.05, 3.63) is 107 Å². The molecule has 0 radical (unpaired) electrons. The van der Waals surface area contributed by atoms with Crippen molar-refractivity contribution in [2.24, 2.45) is 9.98 Å². The minimum Gasteiger partial charge on any atom is -0.544 e. The zero-order chi connectivity index (χ0) is 35.9. The first-order chi connectivity index (χ1) is 23.8. The smallest absolute Gasteiger partial charge is 0.404 e. The van der Waals surface area contributed by atoms with E-state index in [0.29, 0.717) is 42.4 Å². The number of fused-ring (bicyclic) bond motifs is 1. The summed E-state index contributed by atoms with van der Waals surface area (Å²) in [5.41, 5.74) is 3.83. The van der Waals surface area contributed by atoms with Crippen molar-refractivity contribution < 1.29 is 28.2 Å². The summed E-state index contributed by atoms with van der Waals surface area (Å²) in [4.78, 5) is 35.5. The number of carboxylic acid groups (broad SMARTS) is 1. The van der Waals surface area contributed by atoms with Crippen molar-refractivity contribution in [1.82, 2.24) is 10.2 Å². The van der Waals surface area contributed by atoms with Crippen LogP contribution in [0, 0.1) is 5.82 Å². The standard InChI is InChI=1S/C39H45FN4O5Si/c1-39(2,3)50(4,5)49-30-18-16-29(17-19-30)34-26-44-36(32(42-34)24-27-13-9-8-10-14-27)43-33(37(44)45)25-28-15-20-35(31(40)23-28)48-22-12-7-6-11-21-41-38(46)47/h8-10,13-20,23,25-26,41H,6-7,11-12,21-22,24H2,1-5H3,(H,46,47). The van der Waals surface area contributed by atoms with Gasteiger partial charge in [0.25, 0.3) is 5.91 Å². The highest BCUT2D eigenvalue weighted by Crippen LogP contribution is 2.38. The monoisotopic (exact) mass is 696 g/mol. The minimum absolute atomic E-state index is 0.0679. The number of hydrogen-bond acceptors (Lipinski definition) is 6. The molecular weight excluding hydrogens is 652 g/mol. The summed E-state index contributed by atoms with van der Waals surface area (Å²) in [5.74, 6) is 0.532. The zero-order valence-corrected chi connectivity index (χ0v) is 30.3. The van der Waals surface area contributed by atoms with Gasteiger partial charge in [-0.15, -0.1) is 0 Å². The lowest BCUT2D eigenvalue weighted by Gasteiger charge is -2.36. The number of ether oxygens (including phenoxy) is 1. The van der Waals surface area contributed by atoms with E-state index in [1.54, 1.807) is 24.4 Å². The molecule has 0 aromatic heterocycles. The van der Waals surface area contributed by atoms with Crippen LogP contribution >= 0.6 is 0 Å². The average Bonchev–Trinajstić information content (AvgIpc) is 3.38. The minimum atomic E-state index is -2.01. The largest absolute Gasteiger partial charge is 0.544 e. The van der Waals surface area contributed by atoms with E-state index in [1.165, 1.54) is 11.0 Å². The first-order valence-electron chi connectivity index (χ1n) is 17.0. The van der Waals surface area contributed by atoms with Gasteiger partial charge < -0.3 is 19.6 Å². The molecule has 11 heteroatoms. The average molecular weight is 697 g/mol. The molecule has 9 nitrogen and oxygen atoms in total. The summed E-state index contributed by atoms with van der Waals surface area (Å²) in [6.45, 7) is 11.8. The summed E-state index contributed by atoms with van der Waals surface area (Å²) < 4.78 is 27.1. The maximum absolute atomic E-state index is 15.0. The van der Waals surface area contributed by atoms with Gasteiger partial charge in [0.05, 0.1) is 18.0 Å². The molecule has 2 heterocycles. The fraction of sp³-hybridized carbons (Fsp3) is 0.333. The number of nitrogens with zero attached hydrogens (tertiary/aromatic N) is 3. The van der Waals surface area contributed by atoms with E-state index in [-0.39, 0.29) is 22.4 Å². The van der Waals surface area contributed by atoms with E-state index < -0.39 is 20.2 Å². The Kier molecular flexibility index (Phi) is 11.4. The summed E-state index contributed by atoms with van der Waals surface area (Å²) >= 11 is 0. The molecule has 0 atom stereocenters. The van der Waals surface area contributed by atoms with E-state index in [0.717, 1.165) is 42.6 Å². The topological polar surface area (TPSA) is 113 Å². The lowest BCUT2D eigenvalue weighted by atomic mass is 10.0. The van der Waals surface area contributed by atoms with Crippen molar-refractivity contribution in [3.8, 4) is 11.5 Å². The number of carbonyl (C=O) groups is 2.